The van der Waals surface area contributed by atoms with Gasteiger partial charge in [-0.1, -0.05) is 30.3 Å². The Kier molecular flexibility index (Phi) is 6.34. The number of carbonyl (C=O) groups excluding carboxylic acids is 1. The Labute approximate surface area is 161 Å². The fourth-order valence-corrected chi connectivity index (χ4v) is 5.28. The second kappa shape index (κ2) is 8.69. The fourth-order valence-electron chi connectivity index (χ4n) is 2.67. The Bertz CT molecular complexity index is 759. The molecule has 2 aromatic rings. The molecular weight excluding hydrogens is 372 g/mol. The summed E-state index contributed by atoms with van der Waals surface area (Å²) in [5.74, 6) is 1.71. The van der Waals surface area contributed by atoms with E-state index in [0.717, 1.165) is 34.1 Å². The highest BCUT2D eigenvalue weighted by Gasteiger charge is 2.26. The van der Waals surface area contributed by atoms with Gasteiger partial charge in [0.2, 0.25) is 0 Å². The summed E-state index contributed by atoms with van der Waals surface area (Å²) in [5, 5.41) is 7.70. The lowest BCUT2D eigenvalue weighted by atomic mass is 10.1. The zero-order chi connectivity index (χ0) is 17.6. The van der Waals surface area contributed by atoms with Crippen molar-refractivity contribution in [3.05, 3.63) is 51.9 Å². The third-order valence-corrected chi connectivity index (χ3v) is 6.38. The highest BCUT2D eigenvalue weighted by molar-refractivity contribution is 7.98. The van der Waals surface area contributed by atoms with Crippen molar-refractivity contribution < 1.29 is 9.53 Å². The molecular formula is C18H20N2O2S3. The monoisotopic (exact) mass is 392 g/mol. The smallest absolute Gasteiger partial charge is 0.341 e. The molecule has 0 saturated heterocycles. The molecule has 1 aliphatic heterocycles. The summed E-state index contributed by atoms with van der Waals surface area (Å²) in [4.78, 5) is 13.7. The van der Waals surface area contributed by atoms with Crippen LogP contribution in [0.5, 0.6) is 0 Å². The Morgan fingerprint density at radius 1 is 1.32 bits per heavy atom. The maximum atomic E-state index is 12.4. The molecule has 3 rings (SSSR count). The first-order chi connectivity index (χ1) is 12.2. The lowest BCUT2D eigenvalue weighted by molar-refractivity contribution is 0.0527. The molecule has 0 aliphatic carbocycles. The minimum atomic E-state index is -0.264. The van der Waals surface area contributed by atoms with Crippen LogP contribution in [0.4, 0.5) is 5.00 Å². The zero-order valence-corrected chi connectivity index (χ0v) is 16.4. The van der Waals surface area contributed by atoms with E-state index in [1.165, 1.54) is 4.88 Å². The number of fused-ring (bicyclic) bond motifs is 1. The summed E-state index contributed by atoms with van der Waals surface area (Å²) in [6, 6.07) is 10.1. The number of hydrogen-bond donors (Lipinski definition) is 2. The summed E-state index contributed by atoms with van der Waals surface area (Å²) < 4.78 is 5.26. The lowest BCUT2D eigenvalue weighted by Gasteiger charge is -2.13. The summed E-state index contributed by atoms with van der Waals surface area (Å²) in [5.41, 5.74) is 2.93. The molecule has 25 heavy (non-hydrogen) atoms. The first-order valence-corrected chi connectivity index (χ1v) is 10.5. The van der Waals surface area contributed by atoms with Crippen LogP contribution < -0.4 is 10.6 Å². The predicted molar refractivity (Wildman–Crippen MR) is 110 cm³/mol. The van der Waals surface area contributed by atoms with Gasteiger partial charge in [-0.25, -0.2) is 4.79 Å². The number of thiophene rings is 1. The number of esters is 1. The first kappa shape index (κ1) is 18.2. The van der Waals surface area contributed by atoms with Crippen molar-refractivity contribution in [2.24, 2.45) is 0 Å². The lowest BCUT2D eigenvalue weighted by Crippen LogP contribution is -2.28. The van der Waals surface area contributed by atoms with Crippen LogP contribution in [-0.4, -0.2) is 23.4 Å². The van der Waals surface area contributed by atoms with Gasteiger partial charge in [-0.05, 0) is 42.4 Å². The standard InChI is InChI=1S/C18H20N2O2S3/c1-2-22-17(21)15-13-8-9-24-11-14(13)25-16(15)20-18(23)19-10-12-6-4-3-5-7-12/h3-7H,2,8-11H2,1H3,(H2,19,20,23). The van der Waals surface area contributed by atoms with Crippen LogP contribution in [0.25, 0.3) is 0 Å². The third kappa shape index (κ3) is 4.54. The number of hydrogen-bond acceptors (Lipinski definition) is 5. The SMILES string of the molecule is CCOC(=O)c1c(NC(=S)NCc2ccccc2)sc2c1CCSC2. The van der Waals surface area contributed by atoms with E-state index in [9.17, 15) is 4.79 Å². The van der Waals surface area contributed by atoms with Gasteiger partial charge in [-0.2, -0.15) is 11.8 Å². The van der Waals surface area contributed by atoms with E-state index >= 15 is 0 Å². The Balaban J connectivity index is 1.73. The number of nitrogens with one attached hydrogen (secondary N) is 2. The minimum absolute atomic E-state index is 0.264. The van der Waals surface area contributed by atoms with Crippen LogP contribution in [0.2, 0.25) is 0 Å². The molecule has 2 N–H and O–H groups in total. The fraction of sp³-hybridized carbons (Fsp3) is 0.333. The number of ether oxygens (including phenoxy) is 1. The van der Waals surface area contributed by atoms with Gasteiger partial charge in [0.1, 0.15) is 5.00 Å². The number of thioether (sulfide) groups is 1. The first-order valence-electron chi connectivity index (χ1n) is 8.17. The normalized spacial score (nSPS) is 13.0. The van der Waals surface area contributed by atoms with Gasteiger partial charge in [-0.3, -0.25) is 0 Å². The van der Waals surface area contributed by atoms with E-state index in [-0.39, 0.29) is 5.97 Å². The van der Waals surface area contributed by atoms with Crippen molar-refractivity contribution in [2.45, 2.75) is 25.6 Å². The Hall–Kier alpha value is -1.57. The van der Waals surface area contributed by atoms with Gasteiger partial charge in [0.25, 0.3) is 0 Å². The molecule has 0 fully saturated rings. The van der Waals surface area contributed by atoms with E-state index in [0.29, 0.717) is 23.8 Å². The van der Waals surface area contributed by atoms with E-state index < -0.39 is 0 Å². The summed E-state index contributed by atoms with van der Waals surface area (Å²) in [6.45, 7) is 2.84. The van der Waals surface area contributed by atoms with Crippen molar-refractivity contribution in [3.63, 3.8) is 0 Å². The molecule has 0 unspecified atom stereocenters. The van der Waals surface area contributed by atoms with Gasteiger partial charge in [-0.15, -0.1) is 11.3 Å². The van der Waals surface area contributed by atoms with Crippen molar-refractivity contribution >= 4 is 51.4 Å². The molecule has 0 saturated carbocycles. The highest BCUT2D eigenvalue weighted by Crippen LogP contribution is 2.39. The van der Waals surface area contributed by atoms with Crippen LogP contribution in [-0.2, 0) is 23.5 Å². The van der Waals surface area contributed by atoms with Gasteiger partial charge in [0.05, 0.1) is 12.2 Å². The summed E-state index contributed by atoms with van der Waals surface area (Å²) in [6.07, 6.45) is 0.899. The molecule has 0 radical (unpaired) electrons. The van der Waals surface area contributed by atoms with Crippen LogP contribution in [0.15, 0.2) is 30.3 Å². The molecule has 0 bridgehead atoms. The second-order valence-corrected chi connectivity index (χ2v) is 8.14. The summed E-state index contributed by atoms with van der Waals surface area (Å²) in [7, 11) is 0. The van der Waals surface area contributed by atoms with Crippen molar-refractivity contribution in [1.29, 1.82) is 0 Å². The molecule has 1 aromatic carbocycles. The predicted octanol–water partition coefficient (Wildman–Crippen LogP) is 4.20. The molecule has 2 heterocycles. The maximum absolute atomic E-state index is 12.4. The molecule has 1 aromatic heterocycles. The van der Waals surface area contributed by atoms with Crippen molar-refractivity contribution in [2.75, 3.05) is 17.7 Å². The topological polar surface area (TPSA) is 50.4 Å². The second-order valence-electron chi connectivity index (χ2n) is 5.52. The van der Waals surface area contributed by atoms with Gasteiger partial charge < -0.3 is 15.4 Å². The number of anilines is 1. The largest absolute Gasteiger partial charge is 0.462 e. The van der Waals surface area contributed by atoms with E-state index in [2.05, 4.69) is 10.6 Å². The van der Waals surface area contributed by atoms with E-state index in [1.54, 1.807) is 11.3 Å². The van der Waals surface area contributed by atoms with Gasteiger partial charge in [0.15, 0.2) is 5.11 Å². The van der Waals surface area contributed by atoms with Gasteiger partial charge >= 0.3 is 5.97 Å². The number of benzene rings is 1. The number of rotatable bonds is 5. The molecule has 1 aliphatic rings. The van der Waals surface area contributed by atoms with E-state index in [1.807, 2.05) is 49.0 Å². The van der Waals surface area contributed by atoms with Crippen LogP contribution in [0.1, 0.15) is 33.3 Å². The third-order valence-electron chi connectivity index (χ3n) is 3.82. The Morgan fingerprint density at radius 2 is 2.12 bits per heavy atom. The average Bonchev–Trinajstić information content (AvgIpc) is 2.99. The molecule has 132 valence electrons. The molecule has 7 heteroatoms. The van der Waals surface area contributed by atoms with Gasteiger partial charge in [0, 0.05) is 17.2 Å². The highest BCUT2D eigenvalue weighted by atomic mass is 32.2. The number of carbonyl (C=O) groups is 1. The van der Waals surface area contributed by atoms with Crippen molar-refractivity contribution in [3.8, 4) is 0 Å². The minimum Gasteiger partial charge on any atom is -0.462 e. The quantitative estimate of drug-likeness (QED) is 0.587. The molecule has 0 amide bonds. The van der Waals surface area contributed by atoms with E-state index in [4.69, 9.17) is 17.0 Å². The molecule has 4 nitrogen and oxygen atoms in total. The molecule has 0 spiro atoms. The molecule has 0 atom stereocenters. The van der Waals surface area contributed by atoms with Crippen LogP contribution in [0, 0.1) is 0 Å². The van der Waals surface area contributed by atoms with Crippen molar-refractivity contribution in [1.82, 2.24) is 5.32 Å². The maximum Gasteiger partial charge on any atom is 0.341 e. The van der Waals surface area contributed by atoms with Crippen LogP contribution >= 0.6 is 35.3 Å². The average molecular weight is 393 g/mol. The summed E-state index contributed by atoms with van der Waals surface area (Å²) >= 11 is 8.91. The van der Waals surface area contributed by atoms with Crippen LogP contribution in [0.3, 0.4) is 0 Å². The zero-order valence-electron chi connectivity index (χ0n) is 14.0. The number of thiocarbonyl (C=S) groups is 1. The Morgan fingerprint density at radius 3 is 2.88 bits per heavy atom.